The van der Waals surface area contributed by atoms with Gasteiger partial charge in [-0.1, -0.05) is 50.6 Å². The topological polar surface area (TPSA) is 30.2 Å². The van der Waals surface area contributed by atoms with Gasteiger partial charge in [0.05, 0.1) is 16.7 Å². The smallest absolute Gasteiger partial charge is 0.206 e. The molecule has 0 saturated carbocycles. The van der Waals surface area contributed by atoms with E-state index < -0.39 is 0 Å². The summed E-state index contributed by atoms with van der Waals surface area (Å²) in [4.78, 5) is 12.7. The molecule has 0 aliphatic carbocycles. The minimum absolute atomic E-state index is 0.0393. The number of Topliss-reactive ketones (excluding diaryl/α,β-unsaturated/α-hetero) is 1. The first-order valence-corrected chi connectivity index (χ1v) is 7.26. The van der Waals surface area contributed by atoms with E-state index in [1.165, 1.54) is 6.26 Å². The van der Waals surface area contributed by atoms with Crippen molar-refractivity contribution in [3.05, 3.63) is 58.5 Å². The zero-order valence-corrected chi connectivity index (χ0v) is 12.7. The Morgan fingerprint density at radius 3 is 2.47 bits per heavy atom. The molecule has 2 unspecified atom stereocenters. The highest BCUT2D eigenvalue weighted by Crippen LogP contribution is 2.33. The highest BCUT2D eigenvalue weighted by molar-refractivity contribution is 9.10. The summed E-state index contributed by atoms with van der Waals surface area (Å²) in [5, 5.41) is 0. The zero-order chi connectivity index (χ0) is 13.8. The van der Waals surface area contributed by atoms with Gasteiger partial charge in [-0.25, -0.2) is 0 Å². The third kappa shape index (κ3) is 2.98. The third-order valence-corrected chi connectivity index (χ3v) is 4.12. The molecule has 2 nitrogen and oxygen atoms in total. The van der Waals surface area contributed by atoms with Gasteiger partial charge in [0, 0.05) is 0 Å². The molecule has 0 fully saturated rings. The van der Waals surface area contributed by atoms with Crippen molar-refractivity contribution in [2.24, 2.45) is 5.92 Å². The fourth-order valence-corrected chi connectivity index (χ4v) is 2.64. The van der Waals surface area contributed by atoms with Crippen LogP contribution >= 0.6 is 15.9 Å². The fourth-order valence-electron chi connectivity index (χ4n) is 2.25. The van der Waals surface area contributed by atoms with Crippen LogP contribution in [0.1, 0.15) is 42.3 Å². The van der Waals surface area contributed by atoms with E-state index >= 15 is 0 Å². The van der Waals surface area contributed by atoms with Crippen molar-refractivity contribution < 1.29 is 9.21 Å². The van der Waals surface area contributed by atoms with Gasteiger partial charge in [-0.05, 0) is 33.5 Å². The van der Waals surface area contributed by atoms with E-state index in [0.717, 1.165) is 16.5 Å². The SMILES string of the molecule is CCC(C)C(C(=O)c1occc1Br)c1ccccc1. The Morgan fingerprint density at radius 2 is 1.95 bits per heavy atom. The minimum Gasteiger partial charge on any atom is -0.460 e. The van der Waals surface area contributed by atoms with Gasteiger partial charge in [-0.3, -0.25) is 4.79 Å². The van der Waals surface area contributed by atoms with Crippen molar-refractivity contribution in [1.82, 2.24) is 0 Å². The fraction of sp³-hybridized carbons (Fsp3) is 0.312. The molecule has 100 valence electrons. The van der Waals surface area contributed by atoms with Crippen molar-refractivity contribution in [3.8, 4) is 0 Å². The number of hydrogen-bond donors (Lipinski definition) is 0. The van der Waals surface area contributed by atoms with Crippen LogP contribution in [-0.4, -0.2) is 5.78 Å². The Bertz CT molecular complexity index is 545. The normalized spacial score (nSPS) is 14.1. The maximum atomic E-state index is 12.7. The summed E-state index contributed by atoms with van der Waals surface area (Å²) < 4.78 is 6.05. The molecular formula is C16H17BrO2. The average Bonchev–Trinajstić information content (AvgIpc) is 2.86. The van der Waals surface area contributed by atoms with Gasteiger partial charge in [0.1, 0.15) is 0 Å². The van der Waals surface area contributed by atoms with Crippen molar-refractivity contribution in [2.45, 2.75) is 26.2 Å². The van der Waals surface area contributed by atoms with Crippen LogP contribution < -0.4 is 0 Å². The van der Waals surface area contributed by atoms with Crippen LogP contribution in [0.2, 0.25) is 0 Å². The van der Waals surface area contributed by atoms with Gasteiger partial charge in [-0.2, -0.15) is 0 Å². The van der Waals surface area contributed by atoms with Crippen LogP contribution in [0.25, 0.3) is 0 Å². The lowest BCUT2D eigenvalue weighted by Gasteiger charge is -2.21. The lowest BCUT2D eigenvalue weighted by Crippen LogP contribution is -2.19. The largest absolute Gasteiger partial charge is 0.460 e. The molecule has 0 spiro atoms. The highest BCUT2D eigenvalue weighted by atomic mass is 79.9. The Hall–Kier alpha value is -1.35. The number of hydrogen-bond acceptors (Lipinski definition) is 2. The second kappa shape index (κ2) is 6.20. The Labute approximate surface area is 122 Å². The molecule has 2 atom stereocenters. The molecular weight excluding hydrogens is 304 g/mol. The molecule has 1 aromatic carbocycles. The Balaban J connectivity index is 2.39. The summed E-state index contributed by atoms with van der Waals surface area (Å²) in [5.74, 6) is 0.562. The second-order valence-electron chi connectivity index (χ2n) is 4.74. The van der Waals surface area contributed by atoms with Gasteiger partial charge >= 0.3 is 0 Å². The molecule has 0 bridgehead atoms. The molecule has 0 radical (unpaired) electrons. The van der Waals surface area contributed by atoms with E-state index in [1.54, 1.807) is 6.07 Å². The molecule has 3 heteroatoms. The number of carbonyl (C=O) groups excluding carboxylic acids is 1. The monoisotopic (exact) mass is 320 g/mol. The van der Waals surface area contributed by atoms with Gasteiger partial charge < -0.3 is 4.42 Å². The van der Waals surface area contributed by atoms with Crippen LogP contribution in [0.4, 0.5) is 0 Å². The Kier molecular flexibility index (Phi) is 4.59. The predicted octanol–water partition coefficient (Wildman–Crippen LogP) is 5.05. The maximum Gasteiger partial charge on any atom is 0.206 e. The third-order valence-electron chi connectivity index (χ3n) is 3.50. The van der Waals surface area contributed by atoms with E-state index in [0.29, 0.717) is 5.76 Å². The number of benzene rings is 1. The van der Waals surface area contributed by atoms with Gasteiger partial charge in [0.2, 0.25) is 5.78 Å². The molecule has 2 aromatic rings. The zero-order valence-electron chi connectivity index (χ0n) is 11.1. The van der Waals surface area contributed by atoms with Crippen molar-refractivity contribution in [3.63, 3.8) is 0 Å². The summed E-state index contributed by atoms with van der Waals surface area (Å²) in [5.41, 5.74) is 1.05. The number of rotatable bonds is 5. The molecule has 0 N–H and O–H groups in total. The van der Waals surface area contributed by atoms with Crippen molar-refractivity contribution in [2.75, 3.05) is 0 Å². The summed E-state index contributed by atoms with van der Waals surface area (Å²) in [7, 11) is 0. The highest BCUT2D eigenvalue weighted by Gasteiger charge is 2.29. The van der Waals surface area contributed by atoms with Crippen LogP contribution in [0.3, 0.4) is 0 Å². The lowest BCUT2D eigenvalue weighted by atomic mass is 9.82. The van der Waals surface area contributed by atoms with Crippen LogP contribution in [0.15, 0.2) is 51.6 Å². The van der Waals surface area contributed by atoms with Crippen LogP contribution in [0.5, 0.6) is 0 Å². The molecule has 0 saturated heterocycles. The molecule has 0 aliphatic rings. The number of carbonyl (C=O) groups is 1. The van der Waals surface area contributed by atoms with E-state index in [4.69, 9.17) is 4.42 Å². The summed E-state index contributed by atoms with van der Waals surface area (Å²) in [6.07, 6.45) is 2.49. The predicted molar refractivity (Wildman–Crippen MR) is 79.4 cm³/mol. The summed E-state index contributed by atoms with van der Waals surface area (Å²) in [6.45, 7) is 4.21. The first kappa shape index (κ1) is 14.1. The lowest BCUT2D eigenvalue weighted by molar-refractivity contribution is 0.0903. The molecule has 2 rings (SSSR count). The number of ketones is 1. The number of furan rings is 1. The number of halogens is 1. The van der Waals surface area contributed by atoms with Crippen molar-refractivity contribution >= 4 is 21.7 Å². The molecule has 1 aromatic heterocycles. The van der Waals surface area contributed by atoms with E-state index in [1.807, 2.05) is 30.3 Å². The quantitative estimate of drug-likeness (QED) is 0.721. The first-order valence-electron chi connectivity index (χ1n) is 6.47. The minimum atomic E-state index is -0.159. The molecule has 19 heavy (non-hydrogen) atoms. The van der Waals surface area contributed by atoms with Gasteiger partial charge in [0.25, 0.3) is 0 Å². The second-order valence-corrected chi connectivity index (χ2v) is 5.59. The molecule has 1 heterocycles. The van der Waals surface area contributed by atoms with Gasteiger partial charge in [0.15, 0.2) is 5.76 Å². The molecule has 0 amide bonds. The van der Waals surface area contributed by atoms with Crippen LogP contribution in [0, 0.1) is 5.92 Å². The van der Waals surface area contributed by atoms with E-state index in [-0.39, 0.29) is 17.6 Å². The Morgan fingerprint density at radius 1 is 1.26 bits per heavy atom. The maximum absolute atomic E-state index is 12.7. The van der Waals surface area contributed by atoms with Crippen LogP contribution in [-0.2, 0) is 0 Å². The summed E-state index contributed by atoms with van der Waals surface area (Å²) >= 11 is 3.36. The van der Waals surface area contributed by atoms with E-state index in [2.05, 4.69) is 29.8 Å². The average molecular weight is 321 g/mol. The van der Waals surface area contributed by atoms with E-state index in [9.17, 15) is 4.79 Å². The van der Waals surface area contributed by atoms with Gasteiger partial charge in [-0.15, -0.1) is 0 Å². The summed E-state index contributed by atoms with van der Waals surface area (Å²) in [6, 6.07) is 11.7. The first-order chi connectivity index (χ1) is 9.15. The molecule has 0 aliphatic heterocycles. The standard InChI is InChI=1S/C16H17BrO2/c1-3-11(2)14(12-7-5-4-6-8-12)15(18)16-13(17)9-10-19-16/h4-11,14H,3H2,1-2H3. The van der Waals surface area contributed by atoms with Crippen molar-refractivity contribution in [1.29, 1.82) is 0 Å².